The molecule has 0 aromatic rings. The molecule has 1 unspecified atom stereocenters. The molecule has 5 nitrogen and oxygen atoms in total. The van der Waals surface area contributed by atoms with E-state index < -0.39 is 11.2 Å². The fraction of sp³-hybridized carbons (Fsp3) is 0.923. The topological polar surface area (TPSA) is 70.0 Å². The van der Waals surface area contributed by atoms with Gasteiger partial charge in [-0.2, -0.15) is 0 Å². The number of likely N-dealkylation sites (tertiary alicyclic amines) is 1. The van der Waals surface area contributed by atoms with E-state index in [0.717, 1.165) is 6.42 Å². The van der Waals surface area contributed by atoms with E-state index in [1.807, 2.05) is 20.8 Å². The number of unbranched alkanes of at least 4 members (excludes halogenated alkanes) is 1. The molecule has 2 N–H and O–H groups in total. The number of carbonyl (C=O) groups excluding carboxylic acids is 1. The molecule has 0 radical (unpaired) electrons. The van der Waals surface area contributed by atoms with Gasteiger partial charge in [0.2, 0.25) is 0 Å². The van der Waals surface area contributed by atoms with Crippen LogP contribution in [0.15, 0.2) is 0 Å². The summed E-state index contributed by atoms with van der Waals surface area (Å²) in [6.07, 6.45) is 2.30. The van der Waals surface area contributed by atoms with Crippen LogP contribution in [0.5, 0.6) is 0 Å². The highest BCUT2D eigenvalue weighted by atomic mass is 16.6. The summed E-state index contributed by atoms with van der Waals surface area (Å²) in [5.41, 5.74) is -1.32. The van der Waals surface area contributed by atoms with Crippen molar-refractivity contribution < 1.29 is 19.7 Å². The lowest BCUT2D eigenvalue weighted by Gasteiger charge is -2.26. The third-order valence-electron chi connectivity index (χ3n) is 3.03. The monoisotopic (exact) mass is 259 g/mol. The van der Waals surface area contributed by atoms with Crippen LogP contribution in [-0.2, 0) is 4.74 Å². The molecule has 0 aromatic carbocycles. The number of hydrogen-bond acceptors (Lipinski definition) is 4. The van der Waals surface area contributed by atoms with Gasteiger partial charge in [-0.15, -0.1) is 0 Å². The molecular formula is C13H25NO4. The van der Waals surface area contributed by atoms with Crippen molar-refractivity contribution in [3.05, 3.63) is 0 Å². The maximum atomic E-state index is 11.8. The van der Waals surface area contributed by atoms with Gasteiger partial charge in [0.05, 0.1) is 12.1 Å². The van der Waals surface area contributed by atoms with Crippen LogP contribution in [0.3, 0.4) is 0 Å². The molecule has 1 aliphatic rings. The largest absolute Gasteiger partial charge is 0.444 e. The Morgan fingerprint density at radius 1 is 1.39 bits per heavy atom. The van der Waals surface area contributed by atoms with Crippen molar-refractivity contribution in [3.8, 4) is 0 Å². The standard InChI is InChI=1S/C13H25NO4/c1-12(2,3)18-11(16)14-8-7-13(17,10-14)6-4-5-9-15/h15,17H,4-10H2,1-3H3. The number of aliphatic hydroxyl groups is 2. The van der Waals surface area contributed by atoms with E-state index in [-0.39, 0.29) is 12.7 Å². The highest BCUT2D eigenvalue weighted by molar-refractivity contribution is 5.68. The Morgan fingerprint density at radius 2 is 2.06 bits per heavy atom. The summed E-state index contributed by atoms with van der Waals surface area (Å²) in [5.74, 6) is 0. The SMILES string of the molecule is CC(C)(C)OC(=O)N1CCC(O)(CCCCO)C1. The van der Waals surface area contributed by atoms with Gasteiger partial charge in [0.25, 0.3) is 0 Å². The van der Waals surface area contributed by atoms with Gasteiger partial charge < -0.3 is 19.8 Å². The highest BCUT2D eigenvalue weighted by Crippen LogP contribution is 2.27. The zero-order valence-electron chi connectivity index (χ0n) is 11.6. The van der Waals surface area contributed by atoms with Crippen LogP contribution in [0.2, 0.25) is 0 Å². The molecule has 1 rings (SSSR count). The summed E-state index contributed by atoms with van der Waals surface area (Å²) in [6.45, 7) is 6.49. The summed E-state index contributed by atoms with van der Waals surface area (Å²) in [5, 5.41) is 19.0. The molecule has 18 heavy (non-hydrogen) atoms. The molecule has 0 saturated carbocycles. The molecule has 1 fully saturated rings. The second-order valence-electron chi connectivity index (χ2n) is 6.06. The van der Waals surface area contributed by atoms with Crippen molar-refractivity contribution in [2.75, 3.05) is 19.7 Å². The molecular weight excluding hydrogens is 234 g/mol. The lowest BCUT2D eigenvalue weighted by molar-refractivity contribution is 0.0114. The normalized spacial score (nSPS) is 24.4. The Kier molecular flexibility index (Phi) is 4.99. The first kappa shape index (κ1) is 15.2. The van der Waals surface area contributed by atoms with Crippen molar-refractivity contribution in [2.24, 2.45) is 0 Å². The average molecular weight is 259 g/mol. The van der Waals surface area contributed by atoms with Gasteiger partial charge in [-0.1, -0.05) is 0 Å². The Balaban J connectivity index is 2.42. The van der Waals surface area contributed by atoms with Crippen molar-refractivity contribution in [3.63, 3.8) is 0 Å². The molecule has 1 amide bonds. The Labute approximate surface area is 109 Å². The predicted molar refractivity (Wildman–Crippen MR) is 68.3 cm³/mol. The molecule has 0 aliphatic carbocycles. The van der Waals surface area contributed by atoms with Gasteiger partial charge in [-0.25, -0.2) is 4.79 Å². The number of ether oxygens (including phenoxy) is 1. The summed E-state index contributed by atoms with van der Waals surface area (Å²) in [6, 6.07) is 0. The summed E-state index contributed by atoms with van der Waals surface area (Å²) < 4.78 is 5.28. The van der Waals surface area contributed by atoms with Gasteiger partial charge in [0.1, 0.15) is 5.60 Å². The van der Waals surface area contributed by atoms with Crippen LogP contribution in [0.25, 0.3) is 0 Å². The van der Waals surface area contributed by atoms with Crippen molar-refractivity contribution in [1.82, 2.24) is 4.90 Å². The third kappa shape index (κ3) is 4.82. The first-order chi connectivity index (χ1) is 8.26. The third-order valence-corrected chi connectivity index (χ3v) is 3.03. The zero-order valence-corrected chi connectivity index (χ0v) is 11.6. The second-order valence-corrected chi connectivity index (χ2v) is 6.06. The zero-order chi connectivity index (χ0) is 13.8. The number of aliphatic hydroxyl groups excluding tert-OH is 1. The fourth-order valence-electron chi connectivity index (χ4n) is 2.11. The van der Waals surface area contributed by atoms with Crippen molar-refractivity contribution in [2.45, 2.75) is 57.7 Å². The fourth-order valence-corrected chi connectivity index (χ4v) is 2.11. The lowest BCUT2D eigenvalue weighted by Crippen LogP contribution is -2.39. The second kappa shape index (κ2) is 5.89. The minimum absolute atomic E-state index is 0.145. The Bertz CT molecular complexity index is 287. The number of hydrogen-bond donors (Lipinski definition) is 2. The Hall–Kier alpha value is -0.810. The van der Waals surface area contributed by atoms with Crippen LogP contribution < -0.4 is 0 Å². The van der Waals surface area contributed by atoms with Crippen molar-refractivity contribution in [1.29, 1.82) is 0 Å². The molecule has 1 aliphatic heterocycles. The number of rotatable bonds is 4. The van der Waals surface area contributed by atoms with Crippen LogP contribution >= 0.6 is 0 Å². The molecule has 5 heteroatoms. The van der Waals surface area contributed by atoms with E-state index in [2.05, 4.69) is 0 Å². The molecule has 0 spiro atoms. The van der Waals surface area contributed by atoms with Crippen LogP contribution in [0.1, 0.15) is 46.5 Å². The molecule has 0 aromatic heterocycles. The Morgan fingerprint density at radius 3 is 2.61 bits per heavy atom. The van der Waals surface area contributed by atoms with Gasteiger partial charge in [-0.3, -0.25) is 0 Å². The maximum absolute atomic E-state index is 11.8. The summed E-state index contributed by atoms with van der Waals surface area (Å²) in [4.78, 5) is 13.4. The average Bonchev–Trinajstić information content (AvgIpc) is 2.59. The van der Waals surface area contributed by atoms with E-state index in [0.29, 0.717) is 32.4 Å². The predicted octanol–water partition coefficient (Wildman–Crippen LogP) is 1.52. The number of β-amino-alcohol motifs (C(OH)–C–C–N with tert-alkyl or cyclic N) is 1. The number of amides is 1. The first-order valence-electron chi connectivity index (χ1n) is 6.57. The highest BCUT2D eigenvalue weighted by Gasteiger charge is 2.39. The van der Waals surface area contributed by atoms with E-state index >= 15 is 0 Å². The van der Waals surface area contributed by atoms with E-state index in [1.54, 1.807) is 4.90 Å². The van der Waals surface area contributed by atoms with Gasteiger partial charge >= 0.3 is 6.09 Å². The van der Waals surface area contributed by atoms with Gasteiger partial charge in [0, 0.05) is 13.2 Å². The lowest BCUT2D eigenvalue weighted by atomic mass is 9.96. The minimum atomic E-state index is -0.813. The quantitative estimate of drug-likeness (QED) is 0.751. The van der Waals surface area contributed by atoms with Crippen LogP contribution in [-0.4, -0.2) is 52.1 Å². The number of nitrogens with zero attached hydrogens (tertiary/aromatic N) is 1. The van der Waals surface area contributed by atoms with E-state index in [1.165, 1.54) is 0 Å². The maximum Gasteiger partial charge on any atom is 0.410 e. The summed E-state index contributed by atoms with van der Waals surface area (Å²) >= 11 is 0. The van der Waals surface area contributed by atoms with E-state index in [9.17, 15) is 9.90 Å². The smallest absolute Gasteiger partial charge is 0.410 e. The van der Waals surface area contributed by atoms with E-state index in [4.69, 9.17) is 9.84 Å². The molecule has 0 bridgehead atoms. The first-order valence-corrected chi connectivity index (χ1v) is 6.57. The van der Waals surface area contributed by atoms with Crippen LogP contribution in [0, 0.1) is 0 Å². The minimum Gasteiger partial charge on any atom is -0.444 e. The van der Waals surface area contributed by atoms with Crippen molar-refractivity contribution >= 4 is 6.09 Å². The number of carbonyl (C=O) groups is 1. The summed E-state index contributed by atoms with van der Waals surface area (Å²) in [7, 11) is 0. The molecule has 1 saturated heterocycles. The van der Waals surface area contributed by atoms with Crippen LogP contribution in [0.4, 0.5) is 4.79 Å². The molecule has 1 atom stereocenters. The molecule has 1 heterocycles. The van der Waals surface area contributed by atoms with Gasteiger partial charge in [0.15, 0.2) is 0 Å². The van der Waals surface area contributed by atoms with Gasteiger partial charge in [-0.05, 0) is 46.5 Å². The molecule has 106 valence electrons.